The summed E-state index contributed by atoms with van der Waals surface area (Å²) in [5.41, 5.74) is 1.02. The van der Waals surface area contributed by atoms with Crippen LogP contribution in [0.4, 0.5) is 5.82 Å². The minimum Gasteiger partial charge on any atom is -0.497 e. The Labute approximate surface area is 124 Å². The average Bonchev–Trinajstić information content (AvgIpc) is 2.54. The van der Waals surface area contributed by atoms with Crippen LogP contribution in [0, 0.1) is 0 Å². The highest BCUT2D eigenvalue weighted by molar-refractivity contribution is 5.54. The molecule has 1 heterocycles. The second-order valence-electron chi connectivity index (χ2n) is 4.23. The van der Waals surface area contributed by atoms with Gasteiger partial charge < -0.3 is 19.5 Å². The minimum atomic E-state index is 0.392. The summed E-state index contributed by atoms with van der Waals surface area (Å²) >= 11 is 0. The van der Waals surface area contributed by atoms with Crippen LogP contribution in [0.5, 0.6) is 17.4 Å². The number of methoxy groups -OCH3 is 2. The van der Waals surface area contributed by atoms with Gasteiger partial charge in [0.1, 0.15) is 18.7 Å². The molecule has 0 aliphatic rings. The van der Waals surface area contributed by atoms with Crippen LogP contribution in [-0.4, -0.2) is 30.7 Å². The summed E-state index contributed by atoms with van der Waals surface area (Å²) in [6.45, 7) is 3.12. The molecule has 0 radical (unpaired) electrons. The fraction of sp³-hybridized carbons (Fsp3) is 0.333. The first-order valence-electron chi connectivity index (χ1n) is 6.67. The summed E-state index contributed by atoms with van der Waals surface area (Å²) in [4.78, 5) is 8.25. The monoisotopic (exact) mass is 289 g/mol. The summed E-state index contributed by atoms with van der Waals surface area (Å²) < 4.78 is 16.2. The van der Waals surface area contributed by atoms with E-state index in [9.17, 15) is 0 Å². The first-order chi connectivity index (χ1) is 10.3. The molecule has 1 aromatic heterocycles. The van der Waals surface area contributed by atoms with Crippen LogP contribution in [-0.2, 0) is 6.61 Å². The lowest BCUT2D eigenvalue weighted by atomic mass is 10.2. The Hall–Kier alpha value is -2.50. The largest absolute Gasteiger partial charge is 0.497 e. The van der Waals surface area contributed by atoms with Crippen molar-refractivity contribution in [1.29, 1.82) is 0 Å². The Balaban J connectivity index is 2.09. The third kappa shape index (κ3) is 3.75. The zero-order valence-corrected chi connectivity index (χ0v) is 12.4. The second kappa shape index (κ2) is 7.33. The third-order valence-corrected chi connectivity index (χ3v) is 2.85. The standard InChI is InChI=1S/C15H19N3O3/c1-4-16-14-13(20-3)15(18-10-17-14)21-9-11-5-7-12(19-2)8-6-11/h5-8,10H,4,9H2,1-3H3,(H,16,17,18). The summed E-state index contributed by atoms with van der Waals surface area (Å²) in [6, 6.07) is 7.66. The van der Waals surface area contributed by atoms with Gasteiger partial charge in [0.2, 0.25) is 5.75 Å². The van der Waals surface area contributed by atoms with E-state index in [2.05, 4.69) is 15.3 Å². The van der Waals surface area contributed by atoms with E-state index < -0.39 is 0 Å². The van der Waals surface area contributed by atoms with Crippen molar-refractivity contribution < 1.29 is 14.2 Å². The van der Waals surface area contributed by atoms with Crippen LogP contribution in [0.2, 0.25) is 0 Å². The number of hydrogen-bond acceptors (Lipinski definition) is 6. The molecule has 112 valence electrons. The molecule has 0 unspecified atom stereocenters. The Morgan fingerprint density at radius 1 is 1.05 bits per heavy atom. The van der Waals surface area contributed by atoms with Crippen LogP contribution >= 0.6 is 0 Å². The van der Waals surface area contributed by atoms with Gasteiger partial charge in [-0.05, 0) is 24.6 Å². The summed E-state index contributed by atoms with van der Waals surface area (Å²) in [5, 5.41) is 3.11. The van der Waals surface area contributed by atoms with E-state index in [1.54, 1.807) is 14.2 Å². The molecule has 0 atom stereocenters. The van der Waals surface area contributed by atoms with Gasteiger partial charge in [-0.25, -0.2) is 4.98 Å². The Bertz CT molecular complexity index is 573. The van der Waals surface area contributed by atoms with E-state index in [0.29, 0.717) is 24.1 Å². The molecule has 2 rings (SSSR count). The van der Waals surface area contributed by atoms with Crippen LogP contribution in [0.25, 0.3) is 0 Å². The number of nitrogens with zero attached hydrogens (tertiary/aromatic N) is 2. The number of aromatic nitrogens is 2. The maximum atomic E-state index is 5.72. The Morgan fingerprint density at radius 2 is 1.81 bits per heavy atom. The van der Waals surface area contributed by atoms with Crippen molar-refractivity contribution in [3.05, 3.63) is 36.2 Å². The quantitative estimate of drug-likeness (QED) is 0.845. The highest BCUT2D eigenvalue weighted by Gasteiger charge is 2.13. The normalized spacial score (nSPS) is 10.0. The van der Waals surface area contributed by atoms with Gasteiger partial charge in [-0.2, -0.15) is 4.98 Å². The van der Waals surface area contributed by atoms with Gasteiger partial charge in [-0.3, -0.25) is 0 Å². The molecule has 1 aromatic carbocycles. The number of ether oxygens (including phenoxy) is 3. The van der Waals surface area contributed by atoms with E-state index in [0.717, 1.165) is 17.9 Å². The smallest absolute Gasteiger partial charge is 0.262 e. The third-order valence-electron chi connectivity index (χ3n) is 2.85. The van der Waals surface area contributed by atoms with Crippen LogP contribution in [0.3, 0.4) is 0 Å². The molecule has 0 amide bonds. The first-order valence-corrected chi connectivity index (χ1v) is 6.67. The van der Waals surface area contributed by atoms with Gasteiger partial charge in [0.05, 0.1) is 14.2 Å². The van der Waals surface area contributed by atoms with Gasteiger partial charge >= 0.3 is 0 Å². The number of benzene rings is 1. The van der Waals surface area contributed by atoms with Gasteiger partial charge in [0, 0.05) is 6.54 Å². The predicted molar refractivity (Wildman–Crippen MR) is 80.1 cm³/mol. The molecule has 0 spiro atoms. The van der Waals surface area contributed by atoms with Crippen molar-refractivity contribution in [1.82, 2.24) is 9.97 Å². The average molecular weight is 289 g/mol. The van der Waals surface area contributed by atoms with E-state index >= 15 is 0 Å². The molecule has 6 heteroatoms. The molecule has 21 heavy (non-hydrogen) atoms. The summed E-state index contributed by atoms with van der Waals surface area (Å²) in [6.07, 6.45) is 1.45. The molecule has 0 fully saturated rings. The fourth-order valence-electron chi connectivity index (χ4n) is 1.81. The highest BCUT2D eigenvalue weighted by Crippen LogP contribution is 2.31. The van der Waals surface area contributed by atoms with Crippen molar-refractivity contribution in [2.75, 3.05) is 26.1 Å². The van der Waals surface area contributed by atoms with Crippen molar-refractivity contribution >= 4 is 5.82 Å². The molecule has 0 bridgehead atoms. The first kappa shape index (κ1) is 14.9. The molecular weight excluding hydrogens is 270 g/mol. The SMILES string of the molecule is CCNc1ncnc(OCc2ccc(OC)cc2)c1OC. The van der Waals surface area contributed by atoms with E-state index in [4.69, 9.17) is 14.2 Å². The van der Waals surface area contributed by atoms with Crippen molar-refractivity contribution in [2.45, 2.75) is 13.5 Å². The van der Waals surface area contributed by atoms with E-state index in [-0.39, 0.29) is 0 Å². The fourth-order valence-corrected chi connectivity index (χ4v) is 1.81. The van der Waals surface area contributed by atoms with Gasteiger partial charge in [-0.15, -0.1) is 0 Å². The summed E-state index contributed by atoms with van der Waals surface area (Å²) in [5.74, 6) is 2.36. The number of anilines is 1. The number of nitrogens with one attached hydrogen (secondary N) is 1. The molecular formula is C15H19N3O3. The van der Waals surface area contributed by atoms with Crippen LogP contribution in [0.15, 0.2) is 30.6 Å². The Morgan fingerprint density at radius 3 is 2.43 bits per heavy atom. The molecule has 1 N–H and O–H groups in total. The van der Waals surface area contributed by atoms with Crippen LogP contribution in [0.1, 0.15) is 12.5 Å². The van der Waals surface area contributed by atoms with Crippen molar-refractivity contribution in [3.63, 3.8) is 0 Å². The van der Waals surface area contributed by atoms with Gasteiger partial charge in [-0.1, -0.05) is 12.1 Å². The van der Waals surface area contributed by atoms with Gasteiger partial charge in [0.25, 0.3) is 5.88 Å². The molecule has 2 aromatic rings. The molecule has 0 saturated carbocycles. The highest BCUT2D eigenvalue weighted by atomic mass is 16.5. The van der Waals surface area contributed by atoms with Crippen molar-refractivity contribution in [2.24, 2.45) is 0 Å². The second-order valence-corrected chi connectivity index (χ2v) is 4.23. The maximum absolute atomic E-state index is 5.72. The van der Waals surface area contributed by atoms with Crippen LogP contribution < -0.4 is 19.5 Å². The topological polar surface area (TPSA) is 65.5 Å². The lowest BCUT2D eigenvalue weighted by Crippen LogP contribution is -2.06. The summed E-state index contributed by atoms with van der Waals surface area (Å²) in [7, 11) is 3.21. The molecule has 0 aliphatic carbocycles. The minimum absolute atomic E-state index is 0.392. The maximum Gasteiger partial charge on any atom is 0.262 e. The Kier molecular flexibility index (Phi) is 5.20. The van der Waals surface area contributed by atoms with Crippen molar-refractivity contribution in [3.8, 4) is 17.4 Å². The molecule has 6 nitrogen and oxygen atoms in total. The zero-order chi connectivity index (χ0) is 15.1. The van der Waals surface area contributed by atoms with E-state index in [1.807, 2.05) is 31.2 Å². The lowest BCUT2D eigenvalue weighted by molar-refractivity contribution is 0.272. The predicted octanol–water partition coefficient (Wildman–Crippen LogP) is 2.50. The van der Waals surface area contributed by atoms with E-state index in [1.165, 1.54) is 6.33 Å². The lowest BCUT2D eigenvalue weighted by Gasteiger charge is -2.13. The molecule has 0 saturated heterocycles. The molecule has 0 aliphatic heterocycles. The zero-order valence-electron chi connectivity index (χ0n) is 12.4. The number of hydrogen-bond donors (Lipinski definition) is 1. The number of rotatable bonds is 7. The van der Waals surface area contributed by atoms with Gasteiger partial charge in [0.15, 0.2) is 5.82 Å².